The minimum Gasteiger partial charge on any atom is -0.309 e. The standard InChI is InChI=1S/C76H58N2/c1-47-38-48(2)40-58(39-47)78-72-19-13-11-17-62(72)66-42-54(33-37-74(66)78)56-31-35-60-64-46-69-63(45-70(64)76(5,6)68(60)44-56)59-34-30-55(43-67(59)75(69,3)4)52-28-24-50(25-29-52)21-20-49-22-26-51(27-23-49)53-32-36-73-65(41-53)61-16-10-12-18-71(61)77(73)57-14-8-7-9-15-57/h7-46H,1-6H3. The van der Waals surface area contributed by atoms with Gasteiger partial charge in [-0.25, -0.2) is 0 Å². The predicted octanol–water partition coefficient (Wildman–Crippen LogP) is 20.3. The van der Waals surface area contributed by atoms with Gasteiger partial charge in [-0.15, -0.1) is 0 Å². The maximum Gasteiger partial charge on any atom is 0.0541 e. The molecular formula is C76H58N2. The molecule has 2 heterocycles. The highest BCUT2D eigenvalue weighted by Crippen LogP contribution is 2.57. The van der Waals surface area contributed by atoms with Crippen LogP contribution in [-0.2, 0) is 10.8 Å². The lowest BCUT2D eigenvalue weighted by molar-refractivity contribution is 0.652. The fourth-order valence-electron chi connectivity index (χ4n) is 13.6. The zero-order valence-electron chi connectivity index (χ0n) is 45.0. The summed E-state index contributed by atoms with van der Waals surface area (Å²) < 4.78 is 4.80. The van der Waals surface area contributed by atoms with Gasteiger partial charge in [0.25, 0.3) is 0 Å². The first kappa shape index (κ1) is 46.1. The molecule has 2 heteroatoms. The molecule has 0 bridgehead atoms. The molecule has 0 aliphatic heterocycles. The second kappa shape index (κ2) is 17.1. The van der Waals surface area contributed by atoms with E-state index in [1.165, 1.54) is 155 Å². The maximum absolute atomic E-state index is 2.53. The van der Waals surface area contributed by atoms with Crippen molar-refractivity contribution in [2.24, 2.45) is 0 Å². The lowest BCUT2D eigenvalue weighted by atomic mass is 9.79. The maximum atomic E-state index is 2.53. The van der Waals surface area contributed by atoms with Gasteiger partial charge < -0.3 is 9.13 Å². The van der Waals surface area contributed by atoms with Crippen LogP contribution in [0.1, 0.15) is 72.2 Å². The molecule has 0 N–H and O–H groups in total. The van der Waals surface area contributed by atoms with Crippen molar-refractivity contribution in [3.05, 3.63) is 275 Å². The van der Waals surface area contributed by atoms with Crippen molar-refractivity contribution in [1.29, 1.82) is 0 Å². The molecule has 2 aliphatic carbocycles. The Balaban J connectivity index is 0.678. The van der Waals surface area contributed by atoms with Crippen LogP contribution in [0.25, 0.3) is 123 Å². The van der Waals surface area contributed by atoms with E-state index in [4.69, 9.17) is 0 Å². The quantitative estimate of drug-likeness (QED) is 0.141. The van der Waals surface area contributed by atoms with E-state index in [1.807, 2.05) is 0 Å². The topological polar surface area (TPSA) is 9.86 Å². The Bertz CT molecular complexity index is 4630. The number of hydrogen-bond acceptors (Lipinski definition) is 0. The van der Waals surface area contributed by atoms with Crippen LogP contribution in [0.5, 0.6) is 0 Å². The number of fused-ring (bicyclic) bond motifs is 12. The molecule has 0 fully saturated rings. The van der Waals surface area contributed by atoms with Crippen molar-refractivity contribution in [1.82, 2.24) is 9.13 Å². The summed E-state index contributed by atoms with van der Waals surface area (Å²) in [5.74, 6) is 0. The number of rotatable bonds is 7. The minimum absolute atomic E-state index is 0.151. The van der Waals surface area contributed by atoms with Gasteiger partial charge in [0.05, 0.1) is 22.1 Å². The van der Waals surface area contributed by atoms with Crippen molar-refractivity contribution in [2.75, 3.05) is 0 Å². The third kappa shape index (κ3) is 7.09. The monoisotopic (exact) mass is 998 g/mol. The van der Waals surface area contributed by atoms with Gasteiger partial charge in [-0.2, -0.15) is 0 Å². The number of para-hydroxylation sites is 3. The minimum atomic E-state index is -0.159. The van der Waals surface area contributed by atoms with Gasteiger partial charge in [0.15, 0.2) is 0 Å². The van der Waals surface area contributed by atoms with Gasteiger partial charge in [-0.1, -0.05) is 185 Å². The molecule has 0 saturated carbocycles. The van der Waals surface area contributed by atoms with E-state index >= 15 is 0 Å². The Morgan fingerprint density at radius 1 is 0.282 bits per heavy atom. The SMILES string of the molecule is Cc1cc(C)cc(-n2c3ccccc3c3cc(-c4ccc5c(c4)C(C)(C)c4cc6c(cc4-5)C(C)(C)c4cc(-c5ccc(C=Cc7ccc(-c8ccc9c(c8)c8ccccc8n9-c8ccccc8)cc7)cc5)ccc4-6)ccc32)c1. The zero-order chi connectivity index (χ0) is 52.6. The van der Waals surface area contributed by atoms with Crippen molar-refractivity contribution in [3.63, 3.8) is 0 Å². The van der Waals surface area contributed by atoms with Crippen LogP contribution < -0.4 is 0 Å². The number of nitrogens with zero attached hydrogens (tertiary/aromatic N) is 2. The number of aryl methyl sites for hydroxylation is 2. The molecule has 0 amide bonds. The fraction of sp³-hybridized carbons (Fsp3) is 0.105. The van der Waals surface area contributed by atoms with Gasteiger partial charge in [-0.3, -0.25) is 0 Å². The van der Waals surface area contributed by atoms with Crippen LogP contribution in [0.3, 0.4) is 0 Å². The van der Waals surface area contributed by atoms with Crippen LogP contribution in [-0.4, -0.2) is 9.13 Å². The summed E-state index contributed by atoms with van der Waals surface area (Å²) in [6.45, 7) is 14.0. The molecule has 372 valence electrons. The van der Waals surface area contributed by atoms with Crippen LogP contribution >= 0.6 is 0 Å². The third-order valence-corrected chi connectivity index (χ3v) is 17.6. The lowest BCUT2D eigenvalue weighted by Gasteiger charge is -2.24. The summed E-state index contributed by atoms with van der Waals surface area (Å²) in [6.07, 6.45) is 4.44. The van der Waals surface area contributed by atoms with Crippen LogP contribution in [0.2, 0.25) is 0 Å². The Morgan fingerprint density at radius 3 is 1.15 bits per heavy atom. The zero-order valence-corrected chi connectivity index (χ0v) is 45.0. The summed E-state index contributed by atoms with van der Waals surface area (Å²) in [6, 6.07) is 86.4. The first-order valence-corrected chi connectivity index (χ1v) is 27.5. The first-order chi connectivity index (χ1) is 38.0. The van der Waals surface area contributed by atoms with E-state index in [1.54, 1.807) is 0 Å². The smallest absolute Gasteiger partial charge is 0.0541 e. The summed E-state index contributed by atoms with van der Waals surface area (Å²) >= 11 is 0. The van der Waals surface area contributed by atoms with Gasteiger partial charge in [0.2, 0.25) is 0 Å². The van der Waals surface area contributed by atoms with Crippen LogP contribution in [0.4, 0.5) is 0 Å². The van der Waals surface area contributed by atoms with E-state index in [0.717, 1.165) is 0 Å². The molecule has 15 rings (SSSR count). The largest absolute Gasteiger partial charge is 0.309 e. The molecule has 2 nitrogen and oxygen atoms in total. The van der Waals surface area contributed by atoms with E-state index in [2.05, 4.69) is 293 Å². The molecule has 2 aromatic heterocycles. The van der Waals surface area contributed by atoms with Crippen molar-refractivity contribution in [3.8, 4) is 67.0 Å². The Kier molecular flexibility index (Phi) is 10.1. The van der Waals surface area contributed by atoms with E-state index in [0.29, 0.717) is 0 Å². The normalized spacial score (nSPS) is 13.9. The second-order valence-electron chi connectivity index (χ2n) is 23.1. The molecule has 0 unspecified atom stereocenters. The van der Waals surface area contributed by atoms with Gasteiger partial charge >= 0.3 is 0 Å². The van der Waals surface area contributed by atoms with Crippen molar-refractivity contribution in [2.45, 2.75) is 52.4 Å². The molecule has 11 aromatic carbocycles. The molecule has 78 heavy (non-hydrogen) atoms. The summed E-state index contributed by atoms with van der Waals surface area (Å²) in [5, 5.41) is 5.09. The van der Waals surface area contributed by atoms with Crippen molar-refractivity contribution < 1.29 is 0 Å². The van der Waals surface area contributed by atoms with Gasteiger partial charge in [0, 0.05) is 43.7 Å². The highest BCUT2D eigenvalue weighted by molar-refractivity contribution is 6.12. The highest BCUT2D eigenvalue weighted by Gasteiger charge is 2.42. The molecular weight excluding hydrogens is 941 g/mol. The van der Waals surface area contributed by atoms with E-state index < -0.39 is 0 Å². The predicted molar refractivity (Wildman–Crippen MR) is 331 cm³/mol. The Morgan fingerprint density at radius 2 is 0.654 bits per heavy atom. The number of aromatic nitrogens is 2. The molecule has 0 radical (unpaired) electrons. The summed E-state index contributed by atoms with van der Waals surface area (Å²) in [4.78, 5) is 0. The molecule has 0 atom stereocenters. The van der Waals surface area contributed by atoms with Gasteiger partial charge in [0.1, 0.15) is 0 Å². The van der Waals surface area contributed by atoms with Gasteiger partial charge in [-0.05, 0) is 199 Å². The summed E-state index contributed by atoms with van der Waals surface area (Å²) in [7, 11) is 0. The molecule has 2 aliphatic rings. The third-order valence-electron chi connectivity index (χ3n) is 17.6. The van der Waals surface area contributed by atoms with Crippen LogP contribution in [0, 0.1) is 13.8 Å². The van der Waals surface area contributed by atoms with E-state index in [-0.39, 0.29) is 10.8 Å². The lowest BCUT2D eigenvalue weighted by Crippen LogP contribution is -2.17. The molecule has 13 aromatic rings. The number of benzene rings is 11. The molecule has 0 spiro atoms. The Hall–Kier alpha value is -9.24. The fourth-order valence-corrected chi connectivity index (χ4v) is 13.6. The summed E-state index contributed by atoms with van der Waals surface area (Å²) in [5.41, 5.74) is 30.4. The number of hydrogen-bond donors (Lipinski definition) is 0. The van der Waals surface area contributed by atoms with E-state index in [9.17, 15) is 0 Å². The average Bonchev–Trinajstić information content (AvgIpc) is 3.50. The first-order valence-electron chi connectivity index (χ1n) is 27.5. The van der Waals surface area contributed by atoms with Crippen molar-refractivity contribution >= 4 is 55.8 Å². The van der Waals surface area contributed by atoms with Crippen LogP contribution in [0.15, 0.2) is 231 Å². The molecule has 0 saturated heterocycles. The average molecular weight is 999 g/mol. The highest BCUT2D eigenvalue weighted by atomic mass is 15.0. The Labute approximate surface area is 456 Å². The second-order valence-corrected chi connectivity index (χ2v) is 23.1.